The van der Waals surface area contributed by atoms with E-state index in [1.165, 1.54) is 0 Å². The van der Waals surface area contributed by atoms with Gasteiger partial charge >= 0.3 is 0 Å². The molecule has 0 radical (unpaired) electrons. The number of ether oxygens (including phenoxy) is 2. The van der Waals surface area contributed by atoms with Gasteiger partial charge in [-0.3, -0.25) is 0 Å². The van der Waals surface area contributed by atoms with Crippen LogP contribution in [0.15, 0.2) is 12.1 Å². The molecule has 0 aliphatic rings. The van der Waals surface area contributed by atoms with E-state index in [9.17, 15) is 0 Å². The first-order valence-electron chi connectivity index (χ1n) is 5.22. The lowest BCUT2D eigenvalue weighted by Gasteiger charge is -2.13. The van der Waals surface area contributed by atoms with Gasteiger partial charge in [0.2, 0.25) is 0 Å². The van der Waals surface area contributed by atoms with Crippen LogP contribution in [0.4, 0.5) is 0 Å². The van der Waals surface area contributed by atoms with Gasteiger partial charge in [-0.2, -0.15) is 5.26 Å². The Labute approximate surface area is 101 Å². The highest BCUT2D eigenvalue weighted by Gasteiger charge is 2.12. The lowest BCUT2D eigenvalue weighted by atomic mass is 10.2. The Balaban J connectivity index is 3.07. The average molecular weight is 240 g/mol. The van der Waals surface area contributed by atoms with Crippen LogP contribution >= 0.6 is 11.6 Å². The molecule has 0 saturated heterocycles. The minimum Gasteiger partial charge on any atom is -0.490 e. The highest BCUT2D eigenvalue weighted by atomic mass is 35.5. The summed E-state index contributed by atoms with van der Waals surface area (Å²) in [6.07, 6.45) is 0.891. The van der Waals surface area contributed by atoms with Gasteiger partial charge in [-0.15, -0.1) is 0 Å². The predicted molar refractivity (Wildman–Crippen MR) is 63.1 cm³/mol. The minimum absolute atomic E-state index is 0.413. The maximum Gasteiger partial charge on any atom is 0.179 e. The maximum atomic E-state index is 8.82. The fourth-order valence-electron chi connectivity index (χ4n) is 1.24. The molecular formula is C12H14ClNO2. The van der Waals surface area contributed by atoms with E-state index in [0.29, 0.717) is 35.3 Å². The van der Waals surface area contributed by atoms with E-state index in [1.54, 1.807) is 12.1 Å². The number of nitriles is 1. The number of nitrogens with zero attached hydrogens (tertiary/aromatic N) is 1. The van der Waals surface area contributed by atoms with Crippen LogP contribution in [-0.2, 0) is 0 Å². The lowest BCUT2D eigenvalue weighted by Crippen LogP contribution is -2.01. The second-order valence-corrected chi connectivity index (χ2v) is 3.59. The molecule has 0 amide bonds. The summed E-state index contributed by atoms with van der Waals surface area (Å²) in [4.78, 5) is 0. The Morgan fingerprint density at radius 1 is 1.31 bits per heavy atom. The van der Waals surface area contributed by atoms with Crippen molar-refractivity contribution in [2.24, 2.45) is 0 Å². The third kappa shape index (κ3) is 3.04. The molecule has 0 aliphatic heterocycles. The summed E-state index contributed by atoms with van der Waals surface area (Å²) in [6, 6.07) is 5.25. The topological polar surface area (TPSA) is 42.2 Å². The zero-order valence-corrected chi connectivity index (χ0v) is 10.2. The third-order valence-corrected chi connectivity index (χ3v) is 2.17. The normalized spacial score (nSPS) is 9.62. The standard InChI is InChI=1S/C12H14ClNO2/c1-3-5-16-12-10(13)6-9(8-14)7-11(12)15-4-2/h6-7H,3-5H2,1-2H3. The fourth-order valence-corrected chi connectivity index (χ4v) is 1.50. The molecule has 0 N–H and O–H groups in total. The summed E-state index contributed by atoms with van der Waals surface area (Å²) in [5, 5.41) is 9.23. The largest absolute Gasteiger partial charge is 0.490 e. The van der Waals surface area contributed by atoms with E-state index < -0.39 is 0 Å². The summed E-state index contributed by atoms with van der Waals surface area (Å²) in [5.74, 6) is 1.05. The highest BCUT2D eigenvalue weighted by Crippen LogP contribution is 2.36. The van der Waals surface area contributed by atoms with Crippen molar-refractivity contribution < 1.29 is 9.47 Å². The molecule has 1 aromatic rings. The molecule has 86 valence electrons. The first-order valence-corrected chi connectivity index (χ1v) is 5.60. The van der Waals surface area contributed by atoms with Gasteiger partial charge in [-0.05, 0) is 19.4 Å². The first kappa shape index (κ1) is 12.7. The zero-order chi connectivity index (χ0) is 12.0. The molecule has 0 spiro atoms. The molecule has 1 rings (SSSR count). The number of benzene rings is 1. The molecule has 0 aliphatic carbocycles. The van der Waals surface area contributed by atoms with Gasteiger partial charge in [-0.25, -0.2) is 0 Å². The summed E-state index contributed by atoms with van der Waals surface area (Å²) in [6.45, 7) is 4.97. The minimum atomic E-state index is 0.413. The Morgan fingerprint density at radius 3 is 2.62 bits per heavy atom. The maximum absolute atomic E-state index is 8.82. The van der Waals surface area contributed by atoms with Crippen LogP contribution < -0.4 is 9.47 Å². The van der Waals surface area contributed by atoms with E-state index >= 15 is 0 Å². The monoisotopic (exact) mass is 239 g/mol. The summed E-state index contributed by atoms with van der Waals surface area (Å²) < 4.78 is 10.9. The van der Waals surface area contributed by atoms with Crippen molar-refractivity contribution in [2.75, 3.05) is 13.2 Å². The smallest absolute Gasteiger partial charge is 0.179 e. The summed E-state index contributed by atoms with van der Waals surface area (Å²) >= 11 is 6.03. The second kappa shape index (κ2) is 6.24. The van der Waals surface area contributed by atoms with Crippen LogP contribution in [0.1, 0.15) is 25.8 Å². The van der Waals surface area contributed by atoms with Crippen LogP contribution in [0.5, 0.6) is 11.5 Å². The third-order valence-electron chi connectivity index (χ3n) is 1.89. The number of hydrogen-bond donors (Lipinski definition) is 0. The van der Waals surface area contributed by atoms with Crippen LogP contribution in [0, 0.1) is 11.3 Å². The van der Waals surface area contributed by atoms with Crippen molar-refractivity contribution in [1.29, 1.82) is 5.26 Å². The highest BCUT2D eigenvalue weighted by molar-refractivity contribution is 6.32. The van der Waals surface area contributed by atoms with E-state index in [0.717, 1.165) is 6.42 Å². The second-order valence-electron chi connectivity index (χ2n) is 3.18. The molecule has 0 aromatic heterocycles. The first-order chi connectivity index (χ1) is 7.72. The van der Waals surface area contributed by atoms with Crippen LogP contribution in [0.2, 0.25) is 5.02 Å². The van der Waals surface area contributed by atoms with E-state index in [4.69, 9.17) is 26.3 Å². The zero-order valence-electron chi connectivity index (χ0n) is 9.42. The molecule has 0 fully saturated rings. The van der Waals surface area contributed by atoms with Crippen molar-refractivity contribution in [3.05, 3.63) is 22.7 Å². The van der Waals surface area contributed by atoms with Gasteiger partial charge in [0.1, 0.15) is 0 Å². The van der Waals surface area contributed by atoms with E-state index in [2.05, 4.69) is 0 Å². The van der Waals surface area contributed by atoms with Gasteiger partial charge in [0, 0.05) is 6.07 Å². The Bertz CT molecular complexity index is 399. The van der Waals surface area contributed by atoms with Crippen LogP contribution in [0.25, 0.3) is 0 Å². The molecule has 0 heterocycles. The molecule has 0 unspecified atom stereocenters. The van der Waals surface area contributed by atoms with Gasteiger partial charge in [0.05, 0.1) is 29.9 Å². The lowest BCUT2D eigenvalue weighted by molar-refractivity contribution is 0.277. The van der Waals surface area contributed by atoms with E-state index in [-0.39, 0.29) is 0 Å². The number of rotatable bonds is 5. The Kier molecular flexibility index (Phi) is 4.94. The van der Waals surface area contributed by atoms with Gasteiger partial charge in [0.15, 0.2) is 11.5 Å². The number of halogens is 1. The molecule has 0 bridgehead atoms. The van der Waals surface area contributed by atoms with Crippen molar-refractivity contribution in [3.63, 3.8) is 0 Å². The van der Waals surface area contributed by atoms with Crippen molar-refractivity contribution >= 4 is 11.6 Å². The fraction of sp³-hybridized carbons (Fsp3) is 0.417. The molecule has 16 heavy (non-hydrogen) atoms. The van der Waals surface area contributed by atoms with Gasteiger partial charge in [-0.1, -0.05) is 18.5 Å². The van der Waals surface area contributed by atoms with Crippen molar-refractivity contribution in [1.82, 2.24) is 0 Å². The Hall–Kier alpha value is -1.40. The molecule has 0 atom stereocenters. The molecule has 3 nitrogen and oxygen atoms in total. The average Bonchev–Trinajstić information content (AvgIpc) is 2.28. The quantitative estimate of drug-likeness (QED) is 0.791. The molecular weight excluding hydrogens is 226 g/mol. The van der Waals surface area contributed by atoms with Crippen molar-refractivity contribution in [2.45, 2.75) is 20.3 Å². The SMILES string of the molecule is CCCOc1c(Cl)cc(C#N)cc1OCC. The molecule has 4 heteroatoms. The van der Waals surface area contributed by atoms with Crippen LogP contribution in [-0.4, -0.2) is 13.2 Å². The summed E-state index contributed by atoms with van der Waals surface area (Å²) in [5.41, 5.74) is 0.470. The van der Waals surface area contributed by atoms with Gasteiger partial charge < -0.3 is 9.47 Å². The molecule has 0 saturated carbocycles. The summed E-state index contributed by atoms with van der Waals surface area (Å²) in [7, 11) is 0. The number of hydrogen-bond acceptors (Lipinski definition) is 3. The van der Waals surface area contributed by atoms with E-state index in [1.807, 2.05) is 19.9 Å². The predicted octanol–water partition coefficient (Wildman–Crippen LogP) is 3.40. The van der Waals surface area contributed by atoms with Gasteiger partial charge in [0.25, 0.3) is 0 Å². The Morgan fingerprint density at radius 2 is 2.06 bits per heavy atom. The molecule has 1 aromatic carbocycles. The van der Waals surface area contributed by atoms with Crippen molar-refractivity contribution in [3.8, 4) is 17.6 Å². The van der Waals surface area contributed by atoms with Crippen LogP contribution in [0.3, 0.4) is 0 Å².